The summed E-state index contributed by atoms with van der Waals surface area (Å²) in [6.45, 7) is 8.47. The SMILES string of the molecule is COc1ccc(N2CCN(Cc3ccc(C(=O)NCCN4CCCCC4)o3)CC2)cc1. The highest BCUT2D eigenvalue weighted by Gasteiger charge is 2.19. The molecular formula is C24H34N4O3. The standard InChI is InChI=1S/C24H34N4O3/c1-30-21-7-5-20(6-8-21)28-17-15-27(16-18-28)19-22-9-10-23(31-22)24(29)25-11-14-26-12-3-2-4-13-26/h5-10H,2-4,11-19H2,1H3,(H,25,29). The third-order valence-corrected chi connectivity index (χ3v) is 6.24. The molecule has 1 N–H and O–H groups in total. The Morgan fingerprint density at radius 3 is 2.39 bits per heavy atom. The summed E-state index contributed by atoms with van der Waals surface area (Å²) >= 11 is 0. The minimum absolute atomic E-state index is 0.118. The first-order valence-corrected chi connectivity index (χ1v) is 11.4. The summed E-state index contributed by atoms with van der Waals surface area (Å²) in [5.74, 6) is 2.02. The Balaban J connectivity index is 1.19. The summed E-state index contributed by atoms with van der Waals surface area (Å²) in [6.07, 6.45) is 3.86. The van der Waals surface area contributed by atoms with Crippen LogP contribution in [0.25, 0.3) is 0 Å². The molecule has 4 rings (SSSR count). The van der Waals surface area contributed by atoms with Gasteiger partial charge in [-0.15, -0.1) is 0 Å². The van der Waals surface area contributed by atoms with E-state index < -0.39 is 0 Å². The number of piperazine rings is 1. The molecule has 0 atom stereocenters. The third kappa shape index (κ3) is 6.02. The molecule has 2 saturated heterocycles. The van der Waals surface area contributed by atoms with Gasteiger partial charge in [-0.3, -0.25) is 9.69 Å². The minimum atomic E-state index is -0.118. The summed E-state index contributed by atoms with van der Waals surface area (Å²) in [7, 11) is 1.69. The van der Waals surface area contributed by atoms with Crippen LogP contribution < -0.4 is 15.0 Å². The Morgan fingerprint density at radius 2 is 1.68 bits per heavy atom. The fraction of sp³-hybridized carbons (Fsp3) is 0.542. The van der Waals surface area contributed by atoms with Gasteiger partial charge in [-0.1, -0.05) is 6.42 Å². The summed E-state index contributed by atoms with van der Waals surface area (Å²) in [6, 6.07) is 11.9. The number of ether oxygens (including phenoxy) is 1. The third-order valence-electron chi connectivity index (χ3n) is 6.24. The van der Waals surface area contributed by atoms with Gasteiger partial charge in [0, 0.05) is 45.0 Å². The van der Waals surface area contributed by atoms with Gasteiger partial charge in [0.25, 0.3) is 5.91 Å². The summed E-state index contributed by atoms with van der Waals surface area (Å²) in [5.41, 5.74) is 1.22. The number of carbonyl (C=O) groups excluding carboxylic acids is 1. The zero-order chi connectivity index (χ0) is 21.5. The summed E-state index contributed by atoms with van der Waals surface area (Å²) < 4.78 is 11.1. The summed E-state index contributed by atoms with van der Waals surface area (Å²) in [4.78, 5) is 19.6. The van der Waals surface area contributed by atoms with Gasteiger partial charge < -0.3 is 24.3 Å². The number of likely N-dealkylation sites (tertiary alicyclic amines) is 1. The maximum Gasteiger partial charge on any atom is 0.287 e. The quantitative estimate of drug-likeness (QED) is 0.701. The average Bonchev–Trinajstić information content (AvgIpc) is 3.29. The molecule has 1 aromatic heterocycles. The van der Waals surface area contributed by atoms with Crippen LogP contribution >= 0.6 is 0 Å². The molecule has 0 radical (unpaired) electrons. The molecule has 7 nitrogen and oxygen atoms in total. The van der Waals surface area contributed by atoms with Gasteiger partial charge in [-0.25, -0.2) is 0 Å². The molecule has 0 unspecified atom stereocenters. The second-order valence-corrected chi connectivity index (χ2v) is 8.39. The molecule has 7 heteroatoms. The van der Waals surface area contributed by atoms with E-state index in [4.69, 9.17) is 9.15 Å². The minimum Gasteiger partial charge on any atom is -0.497 e. The Hall–Kier alpha value is -2.51. The molecular weight excluding hydrogens is 392 g/mol. The first-order chi connectivity index (χ1) is 15.2. The van der Waals surface area contributed by atoms with Crippen LogP contribution in [0.5, 0.6) is 5.75 Å². The number of nitrogens with one attached hydrogen (secondary N) is 1. The first kappa shape index (κ1) is 21.7. The average molecular weight is 427 g/mol. The Bertz CT molecular complexity index is 822. The van der Waals surface area contributed by atoms with Gasteiger partial charge in [0.15, 0.2) is 5.76 Å². The Kier molecular flexibility index (Phi) is 7.48. The largest absolute Gasteiger partial charge is 0.497 e. The molecule has 2 fully saturated rings. The molecule has 0 bridgehead atoms. The number of carbonyl (C=O) groups is 1. The number of benzene rings is 1. The van der Waals surface area contributed by atoms with Crippen LogP contribution in [0.2, 0.25) is 0 Å². The van der Waals surface area contributed by atoms with Gasteiger partial charge in [0.2, 0.25) is 0 Å². The fourth-order valence-corrected chi connectivity index (χ4v) is 4.36. The zero-order valence-corrected chi connectivity index (χ0v) is 18.5. The van der Waals surface area contributed by atoms with Crippen molar-refractivity contribution in [1.82, 2.24) is 15.1 Å². The Morgan fingerprint density at radius 1 is 0.935 bits per heavy atom. The van der Waals surface area contributed by atoms with Crippen LogP contribution in [-0.4, -0.2) is 75.2 Å². The van der Waals surface area contributed by atoms with E-state index in [1.165, 1.54) is 24.9 Å². The molecule has 2 aliphatic heterocycles. The highest BCUT2D eigenvalue weighted by atomic mass is 16.5. The Labute approximate surface area is 184 Å². The zero-order valence-electron chi connectivity index (χ0n) is 18.5. The molecule has 0 saturated carbocycles. The van der Waals surface area contributed by atoms with Crippen molar-refractivity contribution in [2.45, 2.75) is 25.8 Å². The predicted molar refractivity (Wildman–Crippen MR) is 122 cm³/mol. The molecule has 31 heavy (non-hydrogen) atoms. The lowest BCUT2D eigenvalue weighted by atomic mass is 10.1. The fourth-order valence-electron chi connectivity index (χ4n) is 4.36. The highest BCUT2D eigenvalue weighted by Crippen LogP contribution is 2.21. The maximum atomic E-state index is 12.4. The van der Waals surface area contributed by atoms with Gasteiger partial charge in [0.05, 0.1) is 13.7 Å². The van der Waals surface area contributed by atoms with Crippen molar-refractivity contribution >= 4 is 11.6 Å². The van der Waals surface area contributed by atoms with E-state index in [9.17, 15) is 4.79 Å². The van der Waals surface area contributed by atoms with Crippen LogP contribution in [0.15, 0.2) is 40.8 Å². The van der Waals surface area contributed by atoms with Crippen molar-refractivity contribution in [3.8, 4) is 5.75 Å². The normalized spacial score (nSPS) is 18.2. The monoisotopic (exact) mass is 426 g/mol. The van der Waals surface area contributed by atoms with Gasteiger partial charge >= 0.3 is 0 Å². The highest BCUT2D eigenvalue weighted by molar-refractivity contribution is 5.91. The van der Waals surface area contributed by atoms with E-state index in [1.807, 2.05) is 18.2 Å². The number of nitrogens with zero attached hydrogens (tertiary/aromatic N) is 3. The second-order valence-electron chi connectivity index (χ2n) is 8.39. The van der Waals surface area contributed by atoms with Crippen molar-refractivity contribution in [3.63, 3.8) is 0 Å². The van der Waals surface area contributed by atoms with Crippen LogP contribution in [-0.2, 0) is 6.54 Å². The van der Waals surface area contributed by atoms with E-state index >= 15 is 0 Å². The van der Waals surface area contributed by atoms with Crippen molar-refractivity contribution in [2.75, 3.05) is 64.4 Å². The molecule has 168 valence electrons. The van der Waals surface area contributed by atoms with Gasteiger partial charge in [-0.05, 0) is 62.3 Å². The predicted octanol–water partition coefficient (Wildman–Crippen LogP) is 2.83. The molecule has 0 aliphatic carbocycles. The van der Waals surface area contributed by atoms with E-state index in [0.29, 0.717) is 12.3 Å². The smallest absolute Gasteiger partial charge is 0.287 e. The van der Waals surface area contributed by atoms with E-state index in [1.54, 1.807) is 13.2 Å². The van der Waals surface area contributed by atoms with Crippen molar-refractivity contribution in [3.05, 3.63) is 47.9 Å². The number of hydrogen-bond acceptors (Lipinski definition) is 6. The van der Waals surface area contributed by atoms with Crippen molar-refractivity contribution in [1.29, 1.82) is 0 Å². The topological polar surface area (TPSA) is 61.2 Å². The van der Waals surface area contributed by atoms with Crippen molar-refractivity contribution in [2.24, 2.45) is 0 Å². The molecule has 2 aromatic rings. The lowest BCUT2D eigenvalue weighted by Gasteiger charge is -2.35. The van der Waals surface area contributed by atoms with Crippen LogP contribution in [0.4, 0.5) is 5.69 Å². The maximum absolute atomic E-state index is 12.4. The van der Waals surface area contributed by atoms with E-state index in [2.05, 4.69) is 32.1 Å². The van der Waals surface area contributed by atoms with Gasteiger partial charge in [-0.2, -0.15) is 0 Å². The molecule has 3 heterocycles. The van der Waals surface area contributed by atoms with Crippen molar-refractivity contribution < 1.29 is 13.9 Å². The number of furan rings is 1. The molecule has 2 aliphatic rings. The lowest BCUT2D eigenvalue weighted by Crippen LogP contribution is -2.45. The number of anilines is 1. The van der Waals surface area contributed by atoms with E-state index in [-0.39, 0.29) is 5.91 Å². The number of amides is 1. The molecule has 1 amide bonds. The number of piperidine rings is 1. The number of rotatable bonds is 8. The second kappa shape index (κ2) is 10.7. The van der Waals surface area contributed by atoms with Gasteiger partial charge in [0.1, 0.15) is 11.5 Å². The van der Waals surface area contributed by atoms with Crippen LogP contribution in [0.1, 0.15) is 35.6 Å². The van der Waals surface area contributed by atoms with E-state index in [0.717, 1.165) is 63.9 Å². The lowest BCUT2D eigenvalue weighted by molar-refractivity contribution is 0.0914. The van der Waals surface area contributed by atoms with Crippen LogP contribution in [0, 0.1) is 0 Å². The number of hydrogen-bond donors (Lipinski definition) is 1. The van der Waals surface area contributed by atoms with Crippen LogP contribution in [0.3, 0.4) is 0 Å². The summed E-state index contributed by atoms with van der Waals surface area (Å²) in [5, 5.41) is 2.99. The number of methoxy groups -OCH3 is 1. The molecule has 0 spiro atoms. The molecule has 1 aromatic carbocycles. The first-order valence-electron chi connectivity index (χ1n) is 11.4.